The quantitative estimate of drug-likeness (QED) is 0.282. The molecule has 2 N–H and O–H groups in total. The van der Waals surface area contributed by atoms with Gasteiger partial charge >= 0.3 is 6.09 Å². The van der Waals surface area contributed by atoms with Crippen LogP contribution in [0.4, 0.5) is 10.5 Å². The summed E-state index contributed by atoms with van der Waals surface area (Å²) in [6, 6.07) is 19.0. The molecule has 3 aromatic rings. The Kier molecular flexibility index (Phi) is 10.8. The molecule has 216 valence electrons. The summed E-state index contributed by atoms with van der Waals surface area (Å²) in [4.78, 5) is 42.1. The molecular weight excluding hydrogens is 536 g/mol. The lowest BCUT2D eigenvalue weighted by atomic mass is 9.96. The first-order valence-corrected chi connectivity index (χ1v) is 14.9. The molecule has 8 nitrogen and oxygen atoms in total. The van der Waals surface area contributed by atoms with E-state index < -0.39 is 35.6 Å². The second-order valence-electron chi connectivity index (χ2n) is 10.9. The molecule has 0 radical (unpaired) electrons. The molecule has 3 aromatic carbocycles. The van der Waals surface area contributed by atoms with Crippen LogP contribution in [0.15, 0.2) is 60.7 Å². The Morgan fingerprint density at radius 2 is 1.73 bits per heavy atom. The molecule has 0 aliphatic rings. The molecule has 0 saturated heterocycles. The zero-order valence-electron chi connectivity index (χ0n) is 24.5. The molecule has 0 heterocycles. The number of nitrogens with one attached hydrogen (secondary N) is 2. The number of rotatable bonds is 10. The number of nitrogens with zero attached hydrogens (tertiary/aromatic N) is 2. The highest BCUT2D eigenvalue weighted by atomic mass is 32.2. The van der Waals surface area contributed by atoms with Crippen LogP contribution in [-0.4, -0.2) is 53.0 Å². The number of benzene rings is 3. The normalized spacial score (nSPS) is 12.6. The van der Waals surface area contributed by atoms with Crippen molar-refractivity contribution in [1.29, 1.82) is 5.26 Å². The molecule has 3 amide bonds. The minimum atomic E-state index is -1.12. The van der Waals surface area contributed by atoms with Gasteiger partial charge in [-0.15, -0.1) is 0 Å². The molecular formula is C32H38N4O4S. The van der Waals surface area contributed by atoms with Crippen LogP contribution in [0.1, 0.15) is 49.9 Å². The Labute approximate surface area is 246 Å². The van der Waals surface area contributed by atoms with E-state index in [2.05, 4.69) is 16.7 Å². The largest absolute Gasteiger partial charge is 0.444 e. The van der Waals surface area contributed by atoms with Crippen LogP contribution in [0.25, 0.3) is 10.8 Å². The van der Waals surface area contributed by atoms with Gasteiger partial charge in [-0.2, -0.15) is 17.0 Å². The zero-order valence-corrected chi connectivity index (χ0v) is 25.3. The third-order valence-corrected chi connectivity index (χ3v) is 7.07. The number of hydrogen-bond acceptors (Lipinski definition) is 6. The molecule has 0 fully saturated rings. The maximum Gasteiger partial charge on any atom is 0.408 e. The van der Waals surface area contributed by atoms with Gasteiger partial charge in [-0.25, -0.2) is 4.79 Å². The van der Waals surface area contributed by atoms with Crippen LogP contribution in [0.2, 0.25) is 0 Å². The first-order valence-electron chi connectivity index (χ1n) is 13.5. The standard InChI is InChI=1S/C32H38N4O4S/c1-21-11-12-22(2)26(19-21)28(29(37)34-25-14-13-23-9-7-8-10-24(23)20-25)36(17-16-33)30(38)27(15-18-41-6)35-31(39)40-32(3,4)5/h7-14,19-20,27-28H,15,17-18H2,1-6H3,(H,34,37)(H,35,39). The number of thioether (sulfide) groups is 1. The summed E-state index contributed by atoms with van der Waals surface area (Å²) < 4.78 is 5.41. The third-order valence-electron chi connectivity index (χ3n) is 6.43. The van der Waals surface area contributed by atoms with Gasteiger partial charge < -0.3 is 20.3 Å². The number of carbonyl (C=O) groups excluding carboxylic acids is 3. The van der Waals surface area contributed by atoms with E-state index in [0.717, 1.165) is 21.9 Å². The molecule has 0 aromatic heterocycles. The fraction of sp³-hybridized carbons (Fsp3) is 0.375. The lowest BCUT2D eigenvalue weighted by Crippen LogP contribution is -2.52. The summed E-state index contributed by atoms with van der Waals surface area (Å²) in [6.07, 6.45) is 1.46. The van der Waals surface area contributed by atoms with E-state index in [1.807, 2.05) is 80.8 Å². The van der Waals surface area contributed by atoms with Gasteiger partial charge in [0.15, 0.2) is 0 Å². The highest BCUT2D eigenvalue weighted by molar-refractivity contribution is 7.98. The summed E-state index contributed by atoms with van der Waals surface area (Å²) in [7, 11) is 0. The van der Waals surface area contributed by atoms with E-state index in [-0.39, 0.29) is 6.54 Å². The first-order chi connectivity index (χ1) is 19.4. The van der Waals surface area contributed by atoms with Crippen molar-refractivity contribution in [1.82, 2.24) is 10.2 Å². The van der Waals surface area contributed by atoms with Gasteiger partial charge in [0.2, 0.25) is 5.91 Å². The van der Waals surface area contributed by atoms with E-state index in [0.29, 0.717) is 23.4 Å². The molecule has 0 aliphatic heterocycles. The Morgan fingerprint density at radius 1 is 1.02 bits per heavy atom. The van der Waals surface area contributed by atoms with Crippen molar-refractivity contribution in [3.8, 4) is 6.07 Å². The van der Waals surface area contributed by atoms with Crippen LogP contribution in [0, 0.1) is 25.2 Å². The second-order valence-corrected chi connectivity index (χ2v) is 11.9. The van der Waals surface area contributed by atoms with Crippen LogP contribution in [-0.2, 0) is 14.3 Å². The van der Waals surface area contributed by atoms with Crippen LogP contribution in [0.3, 0.4) is 0 Å². The fourth-order valence-electron chi connectivity index (χ4n) is 4.50. The van der Waals surface area contributed by atoms with Crippen LogP contribution >= 0.6 is 11.8 Å². The molecule has 0 saturated carbocycles. The predicted molar refractivity (Wildman–Crippen MR) is 165 cm³/mol. The van der Waals surface area contributed by atoms with E-state index in [1.165, 1.54) is 16.7 Å². The second kappa shape index (κ2) is 14.0. The van der Waals surface area contributed by atoms with Gasteiger partial charge in [0.05, 0.1) is 6.07 Å². The molecule has 2 atom stereocenters. The minimum Gasteiger partial charge on any atom is -0.444 e. The van der Waals surface area contributed by atoms with Crippen molar-refractivity contribution < 1.29 is 19.1 Å². The Balaban J connectivity index is 2.04. The Morgan fingerprint density at radius 3 is 2.39 bits per heavy atom. The lowest BCUT2D eigenvalue weighted by molar-refractivity contribution is -0.140. The van der Waals surface area contributed by atoms with Crippen molar-refractivity contribution in [2.24, 2.45) is 0 Å². The average molecular weight is 575 g/mol. The minimum absolute atomic E-state index is 0.299. The van der Waals surface area contributed by atoms with Gasteiger partial charge in [0.1, 0.15) is 24.2 Å². The number of nitriles is 1. The summed E-state index contributed by atoms with van der Waals surface area (Å²) in [5, 5.41) is 17.4. The molecule has 0 spiro atoms. The van der Waals surface area contributed by atoms with Crippen molar-refractivity contribution in [3.63, 3.8) is 0 Å². The van der Waals surface area contributed by atoms with E-state index in [1.54, 1.807) is 20.8 Å². The smallest absolute Gasteiger partial charge is 0.408 e. The number of amides is 3. The highest BCUT2D eigenvalue weighted by Gasteiger charge is 2.37. The summed E-state index contributed by atoms with van der Waals surface area (Å²) in [5.74, 6) is -0.422. The molecule has 41 heavy (non-hydrogen) atoms. The topological polar surface area (TPSA) is 112 Å². The summed E-state index contributed by atoms with van der Waals surface area (Å²) in [5.41, 5.74) is 2.12. The molecule has 3 rings (SSSR count). The molecule has 0 bridgehead atoms. The third kappa shape index (κ3) is 8.73. The number of carbonyl (C=O) groups is 3. The molecule has 0 aliphatic carbocycles. The number of aryl methyl sites for hydroxylation is 2. The van der Waals surface area contributed by atoms with Crippen molar-refractivity contribution in [3.05, 3.63) is 77.4 Å². The first kappa shape index (κ1) is 31.5. The number of hydrogen-bond donors (Lipinski definition) is 2. The average Bonchev–Trinajstić information content (AvgIpc) is 2.91. The highest BCUT2D eigenvalue weighted by Crippen LogP contribution is 2.29. The fourth-order valence-corrected chi connectivity index (χ4v) is 4.97. The van der Waals surface area contributed by atoms with Gasteiger partial charge in [0.25, 0.3) is 5.91 Å². The van der Waals surface area contributed by atoms with E-state index >= 15 is 0 Å². The summed E-state index contributed by atoms with van der Waals surface area (Å²) in [6.45, 7) is 8.63. The Hall–Kier alpha value is -4.03. The monoisotopic (exact) mass is 574 g/mol. The van der Waals surface area contributed by atoms with Gasteiger partial charge in [-0.1, -0.05) is 54.1 Å². The maximum atomic E-state index is 14.1. The molecule has 2 unspecified atom stereocenters. The van der Waals surface area contributed by atoms with Crippen LogP contribution in [0.5, 0.6) is 0 Å². The number of fused-ring (bicyclic) bond motifs is 1. The van der Waals surface area contributed by atoms with Crippen LogP contribution < -0.4 is 10.6 Å². The van der Waals surface area contributed by atoms with Gasteiger partial charge in [0, 0.05) is 5.69 Å². The van der Waals surface area contributed by atoms with Gasteiger partial charge in [-0.05, 0) is 87.1 Å². The lowest BCUT2D eigenvalue weighted by Gasteiger charge is -2.33. The SMILES string of the molecule is CSCCC(NC(=O)OC(C)(C)C)C(=O)N(CC#N)C(C(=O)Nc1ccc2ccccc2c1)c1cc(C)ccc1C. The maximum absolute atomic E-state index is 14.1. The number of ether oxygens (including phenoxy) is 1. The van der Waals surface area contributed by atoms with E-state index in [9.17, 15) is 19.6 Å². The predicted octanol–water partition coefficient (Wildman–Crippen LogP) is 6.14. The summed E-state index contributed by atoms with van der Waals surface area (Å²) >= 11 is 1.52. The van der Waals surface area contributed by atoms with Crippen molar-refractivity contribution in [2.75, 3.05) is 23.9 Å². The Bertz CT molecular complexity index is 1440. The van der Waals surface area contributed by atoms with Gasteiger partial charge in [-0.3, -0.25) is 9.59 Å². The van der Waals surface area contributed by atoms with Crippen molar-refractivity contribution in [2.45, 2.75) is 58.7 Å². The zero-order chi connectivity index (χ0) is 30.2. The molecule has 9 heteroatoms. The van der Waals surface area contributed by atoms with E-state index in [4.69, 9.17) is 4.74 Å². The number of alkyl carbamates (subject to hydrolysis) is 1. The van der Waals surface area contributed by atoms with Crippen molar-refractivity contribution >= 4 is 46.1 Å². The number of anilines is 1.